The van der Waals surface area contributed by atoms with Gasteiger partial charge < -0.3 is 23.9 Å². The van der Waals surface area contributed by atoms with Crippen LogP contribution in [0.3, 0.4) is 0 Å². The molecule has 3 aromatic rings. The molecule has 2 aromatic carbocycles. The molecular weight excluding hydrogens is 440 g/mol. The maximum absolute atomic E-state index is 12.6. The quantitative estimate of drug-likeness (QED) is 0.534. The molecule has 0 bridgehead atoms. The summed E-state index contributed by atoms with van der Waals surface area (Å²) in [7, 11) is 3.12. The molecular formula is C24H24N4O6. The Morgan fingerprint density at radius 3 is 2.68 bits per heavy atom. The molecule has 0 saturated carbocycles. The summed E-state index contributed by atoms with van der Waals surface area (Å²) in [5, 5.41) is 8.61. The minimum atomic E-state index is -0.549. The summed E-state index contributed by atoms with van der Waals surface area (Å²) in [5.74, 6) is 0.816. The molecule has 1 aliphatic rings. The second-order valence-electron chi connectivity index (χ2n) is 7.41. The van der Waals surface area contributed by atoms with Crippen LogP contribution in [0.5, 0.6) is 11.5 Å². The topological polar surface area (TPSA) is 115 Å². The number of carbonyl (C=O) groups is 2. The number of oxazole rings is 1. The molecule has 1 aromatic heterocycles. The van der Waals surface area contributed by atoms with Gasteiger partial charge in [-0.2, -0.15) is 10.1 Å². The van der Waals surface area contributed by atoms with E-state index in [-0.39, 0.29) is 12.3 Å². The van der Waals surface area contributed by atoms with E-state index in [1.54, 1.807) is 44.6 Å². The third-order valence-electron chi connectivity index (χ3n) is 5.21. The standard InChI is InChI=1S/C24H24N4O6/c1-4-18-22(16-8-9-19(31-2)20(11-16)32-3)27-28(24(30)34-18)13-15-6-5-7-17(10-15)26-23(29)21-12-25-14-33-21/h5-12,14,18H,4,13H2,1-3H3,(H,26,29). The number of nitrogens with zero attached hydrogens (tertiary/aromatic N) is 3. The summed E-state index contributed by atoms with van der Waals surface area (Å²) in [6.45, 7) is 2.07. The van der Waals surface area contributed by atoms with Crippen molar-refractivity contribution in [2.24, 2.45) is 5.10 Å². The Morgan fingerprint density at radius 2 is 1.97 bits per heavy atom. The van der Waals surface area contributed by atoms with Crippen LogP contribution in [0.2, 0.25) is 0 Å². The number of ether oxygens (including phenoxy) is 3. The lowest BCUT2D eigenvalue weighted by molar-refractivity contribution is 0.0712. The largest absolute Gasteiger partial charge is 0.493 e. The molecule has 10 heteroatoms. The lowest BCUT2D eigenvalue weighted by atomic mass is 10.0. The Kier molecular flexibility index (Phi) is 6.77. The number of benzene rings is 2. The number of cyclic esters (lactones) is 1. The number of nitrogens with one attached hydrogen (secondary N) is 1. The summed E-state index contributed by atoms with van der Waals surface area (Å²) in [6.07, 6.45) is 2.04. The van der Waals surface area contributed by atoms with Crippen molar-refractivity contribution in [3.8, 4) is 11.5 Å². The molecule has 2 amide bonds. The zero-order chi connectivity index (χ0) is 24.1. The zero-order valence-electron chi connectivity index (χ0n) is 19.0. The lowest BCUT2D eigenvalue weighted by Crippen LogP contribution is -2.41. The van der Waals surface area contributed by atoms with Gasteiger partial charge in [0.15, 0.2) is 17.9 Å². The molecule has 0 fully saturated rings. The Hall–Kier alpha value is -4.34. The SMILES string of the molecule is CCC1OC(=O)N(Cc2cccc(NC(=O)c3cnco3)c2)N=C1c1ccc(OC)c(OC)c1. The molecule has 10 nitrogen and oxygen atoms in total. The van der Waals surface area contributed by atoms with Crippen molar-refractivity contribution >= 4 is 23.4 Å². The van der Waals surface area contributed by atoms with Gasteiger partial charge in [0.2, 0.25) is 5.76 Å². The highest BCUT2D eigenvalue weighted by atomic mass is 16.6. The molecule has 4 rings (SSSR count). The van der Waals surface area contributed by atoms with Crippen LogP contribution in [0.4, 0.5) is 10.5 Å². The second-order valence-corrected chi connectivity index (χ2v) is 7.41. The summed E-state index contributed by atoms with van der Waals surface area (Å²) in [4.78, 5) is 28.6. The van der Waals surface area contributed by atoms with E-state index in [1.165, 1.54) is 17.6 Å². The van der Waals surface area contributed by atoms with Gasteiger partial charge in [-0.25, -0.2) is 9.78 Å². The van der Waals surface area contributed by atoms with Crippen LogP contribution >= 0.6 is 0 Å². The van der Waals surface area contributed by atoms with E-state index >= 15 is 0 Å². The molecule has 1 aliphatic heterocycles. The number of rotatable bonds is 8. The summed E-state index contributed by atoms with van der Waals surface area (Å²) in [6, 6.07) is 12.5. The van der Waals surface area contributed by atoms with E-state index in [9.17, 15) is 9.59 Å². The molecule has 2 heterocycles. The average Bonchev–Trinajstić information content (AvgIpc) is 3.40. The summed E-state index contributed by atoms with van der Waals surface area (Å²) < 4.78 is 21.4. The van der Waals surface area contributed by atoms with E-state index in [1.807, 2.05) is 19.1 Å². The Morgan fingerprint density at radius 1 is 1.15 bits per heavy atom. The first-order chi connectivity index (χ1) is 16.5. The van der Waals surface area contributed by atoms with Crippen molar-refractivity contribution in [2.45, 2.75) is 26.0 Å². The number of hydrogen-bond acceptors (Lipinski definition) is 8. The molecule has 0 aliphatic carbocycles. The minimum absolute atomic E-state index is 0.0970. The molecule has 1 unspecified atom stereocenters. The molecule has 0 radical (unpaired) electrons. The third kappa shape index (κ3) is 4.85. The van der Waals surface area contributed by atoms with Crippen molar-refractivity contribution in [1.29, 1.82) is 0 Å². The van der Waals surface area contributed by atoms with Crippen molar-refractivity contribution in [3.63, 3.8) is 0 Å². The molecule has 176 valence electrons. The van der Waals surface area contributed by atoms with Gasteiger partial charge in [-0.1, -0.05) is 19.1 Å². The van der Waals surface area contributed by atoms with Gasteiger partial charge in [-0.3, -0.25) is 4.79 Å². The predicted octanol–water partition coefficient (Wildman–Crippen LogP) is 4.08. The van der Waals surface area contributed by atoms with Gasteiger partial charge in [0, 0.05) is 11.3 Å². The normalized spacial score (nSPS) is 15.4. The highest BCUT2D eigenvalue weighted by Gasteiger charge is 2.31. The highest BCUT2D eigenvalue weighted by Crippen LogP contribution is 2.30. The fraction of sp³-hybridized carbons (Fsp3) is 0.250. The van der Waals surface area contributed by atoms with Crippen molar-refractivity contribution in [3.05, 3.63) is 71.9 Å². The lowest BCUT2D eigenvalue weighted by Gasteiger charge is -2.29. The molecule has 34 heavy (non-hydrogen) atoms. The van der Waals surface area contributed by atoms with Gasteiger partial charge in [0.1, 0.15) is 11.8 Å². The van der Waals surface area contributed by atoms with E-state index < -0.39 is 18.1 Å². The highest BCUT2D eigenvalue weighted by molar-refractivity contribution is 6.06. The first kappa shape index (κ1) is 22.8. The van der Waals surface area contributed by atoms with Crippen LogP contribution in [0.1, 0.15) is 35.0 Å². The first-order valence-electron chi connectivity index (χ1n) is 10.6. The Labute approximate surface area is 196 Å². The van der Waals surface area contributed by atoms with Crippen molar-refractivity contribution < 1.29 is 28.2 Å². The third-order valence-corrected chi connectivity index (χ3v) is 5.21. The predicted molar refractivity (Wildman–Crippen MR) is 123 cm³/mol. The van der Waals surface area contributed by atoms with Gasteiger partial charge in [-0.05, 0) is 42.3 Å². The summed E-state index contributed by atoms with van der Waals surface area (Å²) in [5.41, 5.74) is 2.66. The number of anilines is 1. The average molecular weight is 464 g/mol. The Bertz CT molecular complexity index is 1210. The molecule has 0 saturated heterocycles. The molecule has 1 atom stereocenters. The van der Waals surface area contributed by atoms with Crippen molar-refractivity contribution in [1.82, 2.24) is 9.99 Å². The Balaban J connectivity index is 1.58. The van der Waals surface area contributed by atoms with Crippen molar-refractivity contribution in [2.75, 3.05) is 19.5 Å². The zero-order valence-corrected chi connectivity index (χ0v) is 19.0. The maximum atomic E-state index is 12.6. The van der Waals surface area contributed by atoms with Gasteiger partial charge >= 0.3 is 6.09 Å². The second kappa shape index (κ2) is 10.1. The van der Waals surface area contributed by atoms with Crippen LogP contribution < -0.4 is 14.8 Å². The molecule has 1 N–H and O–H groups in total. The van der Waals surface area contributed by atoms with E-state index in [0.717, 1.165) is 11.1 Å². The van der Waals surface area contributed by atoms with Crippen LogP contribution in [-0.4, -0.2) is 48.0 Å². The van der Waals surface area contributed by atoms with Crippen LogP contribution in [0.25, 0.3) is 0 Å². The number of hydrogen-bond donors (Lipinski definition) is 1. The monoisotopic (exact) mass is 464 g/mol. The number of aromatic nitrogens is 1. The van der Waals surface area contributed by atoms with Gasteiger partial charge in [0.25, 0.3) is 5.91 Å². The first-order valence-corrected chi connectivity index (χ1v) is 10.6. The minimum Gasteiger partial charge on any atom is -0.493 e. The van der Waals surface area contributed by atoms with Gasteiger partial charge in [0.05, 0.1) is 27.0 Å². The maximum Gasteiger partial charge on any atom is 0.431 e. The van der Waals surface area contributed by atoms with Crippen LogP contribution in [-0.2, 0) is 11.3 Å². The molecule has 0 spiro atoms. The van der Waals surface area contributed by atoms with E-state index in [2.05, 4.69) is 15.4 Å². The fourth-order valence-electron chi connectivity index (χ4n) is 3.53. The number of amides is 2. The van der Waals surface area contributed by atoms with E-state index in [4.69, 9.17) is 18.6 Å². The number of hydrazone groups is 1. The fourth-order valence-corrected chi connectivity index (χ4v) is 3.53. The van der Waals surface area contributed by atoms with E-state index in [0.29, 0.717) is 29.3 Å². The number of carbonyl (C=O) groups excluding carboxylic acids is 2. The van der Waals surface area contributed by atoms with Gasteiger partial charge in [-0.15, -0.1) is 0 Å². The smallest absolute Gasteiger partial charge is 0.431 e. The van der Waals surface area contributed by atoms with Crippen LogP contribution in [0.15, 0.2) is 64.6 Å². The number of methoxy groups -OCH3 is 2. The summed E-state index contributed by atoms with van der Waals surface area (Å²) >= 11 is 0. The van der Waals surface area contributed by atoms with Crippen LogP contribution in [0, 0.1) is 0 Å².